The van der Waals surface area contributed by atoms with Gasteiger partial charge in [-0.25, -0.2) is 0 Å². The summed E-state index contributed by atoms with van der Waals surface area (Å²) in [5.74, 6) is 0. The zero-order chi connectivity index (χ0) is 10.2. The second kappa shape index (κ2) is 7.21. The second-order valence-corrected chi connectivity index (χ2v) is 3.90. The molecule has 1 aliphatic heterocycles. The molecule has 0 aliphatic carbocycles. The lowest BCUT2D eigenvalue weighted by atomic mass is 10.2. The molecule has 1 saturated heterocycles. The van der Waals surface area contributed by atoms with Crippen molar-refractivity contribution in [1.82, 2.24) is 15.5 Å². The van der Waals surface area contributed by atoms with Crippen LogP contribution in [-0.4, -0.2) is 31.1 Å². The van der Waals surface area contributed by atoms with Crippen molar-refractivity contribution in [3.05, 3.63) is 6.29 Å². The number of nitrogens with zero attached hydrogens (tertiary/aromatic N) is 1. The topological polar surface area (TPSA) is 27.3 Å². The number of unbranched alkanes of at least 4 members (excludes halogenated alkanes) is 2. The van der Waals surface area contributed by atoms with Crippen molar-refractivity contribution >= 4 is 0 Å². The molecular formula is C11H24N3. The predicted molar refractivity (Wildman–Crippen MR) is 60.6 cm³/mol. The van der Waals surface area contributed by atoms with E-state index in [2.05, 4.69) is 29.4 Å². The quantitative estimate of drug-likeness (QED) is 0.649. The molecule has 0 aromatic heterocycles. The summed E-state index contributed by atoms with van der Waals surface area (Å²) in [6.45, 7) is 9.02. The molecule has 0 aromatic rings. The fraction of sp³-hybridized carbons (Fsp3) is 0.909. The van der Waals surface area contributed by atoms with Gasteiger partial charge in [-0.05, 0) is 12.8 Å². The normalized spacial score (nSPS) is 18.2. The molecule has 0 amide bonds. The van der Waals surface area contributed by atoms with Crippen LogP contribution in [0.15, 0.2) is 0 Å². The van der Waals surface area contributed by atoms with Crippen LogP contribution in [0.2, 0.25) is 0 Å². The highest BCUT2D eigenvalue weighted by atomic mass is 15.4. The summed E-state index contributed by atoms with van der Waals surface area (Å²) in [7, 11) is 0. The maximum atomic E-state index is 3.41. The van der Waals surface area contributed by atoms with Crippen LogP contribution in [0.1, 0.15) is 39.5 Å². The molecule has 0 atom stereocenters. The van der Waals surface area contributed by atoms with Gasteiger partial charge < -0.3 is 0 Å². The number of rotatable bonds is 7. The molecule has 0 saturated carbocycles. The van der Waals surface area contributed by atoms with Crippen molar-refractivity contribution in [2.75, 3.05) is 26.2 Å². The van der Waals surface area contributed by atoms with Gasteiger partial charge in [-0.3, -0.25) is 15.5 Å². The standard InChI is InChI=1S/C11H24N3/c1-3-5-9-14(10-6-4-2)11-12-7-8-13-11/h12-13H,3-10H2,1-2H3. The molecule has 1 aliphatic rings. The molecule has 2 N–H and O–H groups in total. The summed E-state index contributed by atoms with van der Waals surface area (Å²) < 4.78 is 0. The first kappa shape index (κ1) is 12.0. The Bertz CT molecular complexity index is 124. The van der Waals surface area contributed by atoms with Crippen molar-refractivity contribution in [3.8, 4) is 0 Å². The number of nitrogens with one attached hydrogen (secondary N) is 2. The van der Waals surface area contributed by atoms with Crippen molar-refractivity contribution in [2.45, 2.75) is 39.5 Å². The van der Waals surface area contributed by atoms with Crippen molar-refractivity contribution in [3.63, 3.8) is 0 Å². The Morgan fingerprint density at radius 2 is 1.50 bits per heavy atom. The van der Waals surface area contributed by atoms with Gasteiger partial charge in [0.2, 0.25) is 0 Å². The lowest BCUT2D eigenvalue weighted by Gasteiger charge is -2.27. The predicted octanol–water partition coefficient (Wildman–Crippen LogP) is 1.53. The lowest BCUT2D eigenvalue weighted by molar-refractivity contribution is 0.243. The number of hydrogen-bond acceptors (Lipinski definition) is 3. The minimum Gasteiger partial charge on any atom is -0.282 e. The highest BCUT2D eigenvalue weighted by molar-refractivity contribution is 4.89. The first-order chi connectivity index (χ1) is 6.88. The summed E-state index contributed by atoms with van der Waals surface area (Å²) in [5, 5.41) is 6.81. The highest BCUT2D eigenvalue weighted by Gasteiger charge is 2.21. The maximum Gasteiger partial charge on any atom is 0.173 e. The highest BCUT2D eigenvalue weighted by Crippen LogP contribution is 2.08. The molecule has 1 heterocycles. The smallest absolute Gasteiger partial charge is 0.173 e. The Hall–Kier alpha value is -0.120. The first-order valence-corrected chi connectivity index (χ1v) is 5.98. The van der Waals surface area contributed by atoms with Gasteiger partial charge in [-0.2, -0.15) is 0 Å². The van der Waals surface area contributed by atoms with E-state index < -0.39 is 0 Å². The van der Waals surface area contributed by atoms with E-state index in [4.69, 9.17) is 0 Å². The molecule has 0 bridgehead atoms. The Morgan fingerprint density at radius 3 is 1.93 bits per heavy atom. The monoisotopic (exact) mass is 198 g/mol. The third-order valence-corrected chi connectivity index (χ3v) is 2.59. The average molecular weight is 198 g/mol. The molecule has 0 spiro atoms. The van der Waals surface area contributed by atoms with E-state index in [1.807, 2.05) is 0 Å². The van der Waals surface area contributed by atoms with Crippen LogP contribution in [0.5, 0.6) is 0 Å². The summed E-state index contributed by atoms with van der Waals surface area (Å²) >= 11 is 0. The molecule has 0 unspecified atom stereocenters. The third-order valence-electron chi connectivity index (χ3n) is 2.59. The minimum atomic E-state index is 1.07. The lowest BCUT2D eigenvalue weighted by Crippen LogP contribution is -2.41. The van der Waals surface area contributed by atoms with Gasteiger partial charge in [-0.15, -0.1) is 0 Å². The molecule has 3 nitrogen and oxygen atoms in total. The van der Waals surface area contributed by atoms with Gasteiger partial charge in [0.25, 0.3) is 0 Å². The van der Waals surface area contributed by atoms with Crippen LogP contribution in [0, 0.1) is 6.29 Å². The van der Waals surface area contributed by atoms with E-state index in [0.717, 1.165) is 13.1 Å². The van der Waals surface area contributed by atoms with Crippen LogP contribution < -0.4 is 10.6 Å². The van der Waals surface area contributed by atoms with Gasteiger partial charge in [0, 0.05) is 26.2 Å². The summed E-state index contributed by atoms with van der Waals surface area (Å²) in [4.78, 5) is 2.46. The Balaban J connectivity index is 2.26. The van der Waals surface area contributed by atoms with Gasteiger partial charge in [0.15, 0.2) is 6.29 Å². The number of hydrogen-bond donors (Lipinski definition) is 2. The maximum absolute atomic E-state index is 3.41. The van der Waals surface area contributed by atoms with Gasteiger partial charge in [0.1, 0.15) is 0 Å². The SMILES string of the molecule is CCCCN(CCCC)[C]1NCCN1. The van der Waals surface area contributed by atoms with Crippen LogP contribution >= 0.6 is 0 Å². The average Bonchev–Trinajstić information content (AvgIpc) is 2.71. The first-order valence-electron chi connectivity index (χ1n) is 5.98. The van der Waals surface area contributed by atoms with E-state index >= 15 is 0 Å². The van der Waals surface area contributed by atoms with E-state index in [0.29, 0.717) is 0 Å². The van der Waals surface area contributed by atoms with E-state index in [9.17, 15) is 0 Å². The molecule has 14 heavy (non-hydrogen) atoms. The van der Waals surface area contributed by atoms with E-state index in [-0.39, 0.29) is 0 Å². The van der Waals surface area contributed by atoms with E-state index in [1.165, 1.54) is 45.1 Å². The second-order valence-electron chi connectivity index (χ2n) is 3.90. The van der Waals surface area contributed by atoms with Crippen molar-refractivity contribution in [1.29, 1.82) is 0 Å². The van der Waals surface area contributed by atoms with Gasteiger partial charge in [0.05, 0.1) is 0 Å². The zero-order valence-electron chi connectivity index (χ0n) is 9.60. The van der Waals surface area contributed by atoms with Crippen molar-refractivity contribution in [2.24, 2.45) is 0 Å². The summed E-state index contributed by atoms with van der Waals surface area (Å²) in [5.41, 5.74) is 0. The Labute approximate surface area is 88.2 Å². The third kappa shape index (κ3) is 3.95. The van der Waals surface area contributed by atoms with Crippen LogP contribution in [0.25, 0.3) is 0 Å². The molecule has 1 rings (SSSR count). The van der Waals surface area contributed by atoms with Gasteiger partial charge >= 0.3 is 0 Å². The fourth-order valence-corrected chi connectivity index (χ4v) is 1.68. The van der Waals surface area contributed by atoms with Crippen molar-refractivity contribution < 1.29 is 0 Å². The van der Waals surface area contributed by atoms with Crippen LogP contribution in [0.4, 0.5) is 0 Å². The Morgan fingerprint density at radius 1 is 1.00 bits per heavy atom. The molecule has 0 aromatic carbocycles. The fourth-order valence-electron chi connectivity index (χ4n) is 1.68. The van der Waals surface area contributed by atoms with Crippen LogP contribution in [0.3, 0.4) is 0 Å². The van der Waals surface area contributed by atoms with E-state index in [1.54, 1.807) is 0 Å². The molecule has 1 radical (unpaired) electrons. The van der Waals surface area contributed by atoms with Gasteiger partial charge in [-0.1, -0.05) is 26.7 Å². The molecule has 1 fully saturated rings. The molecule has 3 heteroatoms. The molecular weight excluding hydrogens is 174 g/mol. The van der Waals surface area contributed by atoms with Crippen LogP contribution in [-0.2, 0) is 0 Å². The zero-order valence-corrected chi connectivity index (χ0v) is 9.60. The molecule has 83 valence electrons. The largest absolute Gasteiger partial charge is 0.282 e. The summed E-state index contributed by atoms with van der Waals surface area (Å²) in [6, 6.07) is 0. The summed E-state index contributed by atoms with van der Waals surface area (Å²) in [6.07, 6.45) is 6.38. The minimum absolute atomic E-state index is 1.07. The Kier molecular flexibility index (Phi) is 6.15.